The molecule has 1 aliphatic heterocycles. The molecule has 0 bridgehead atoms. The van der Waals surface area contributed by atoms with Gasteiger partial charge in [0.1, 0.15) is 0 Å². The molecule has 6 heteroatoms. The van der Waals surface area contributed by atoms with Gasteiger partial charge in [0.05, 0.1) is 17.4 Å². The zero-order valence-corrected chi connectivity index (χ0v) is 10.9. The summed E-state index contributed by atoms with van der Waals surface area (Å²) in [5.74, 6) is -0.121. The summed E-state index contributed by atoms with van der Waals surface area (Å²) >= 11 is 0. The van der Waals surface area contributed by atoms with Crippen LogP contribution in [0.3, 0.4) is 0 Å². The van der Waals surface area contributed by atoms with Gasteiger partial charge in [-0.25, -0.2) is 8.42 Å². The predicted octanol–water partition coefficient (Wildman–Crippen LogP) is 0.292. The quantitative estimate of drug-likeness (QED) is 0.849. The molecule has 0 amide bonds. The molecule has 18 heavy (non-hydrogen) atoms. The standard InChI is InChI=1S/C12H15N3O2S/c1-15(12-7-14-8-12)18(16,17)9-11-5-3-2-4-10(11)6-13/h2-5,12,14H,7-9H2,1H3. The minimum atomic E-state index is -3.36. The highest BCUT2D eigenvalue weighted by Crippen LogP contribution is 2.16. The molecule has 0 unspecified atom stereocenters. The van der Waals surface area contributed by atoms with Gasteiger partial charge in [-0.1, -0.05) is 18.2 Å². The van der Waals surface area contributed by atoms with E-state index < -0.39 is 10.0 Å². The van der Waals surface area contributed by atoms with E-state index in [4.69, 9.17) is 5.26 Å². The van der Waals surface area contributed by atoms with Gasteiger partial charge in [0.15, 0.2) is 0 Å². The minimum Gasteiger partial charge on any atom is -0.313 e. The number of benzene rings is 1. The summed E-state index contributed by atoms with van der Waals surface area (Å²) in [7, 11) is -1.77. The summed E-state index contributed by atoms with van der Waals surface area (Å²) in [5.41, 5.74) is 0.973. The van der Waals surface area contributed by atoms with Gasteiger partial charge in [-0.15, -0.1) is 0 Å². The van der Waals surface area contributed by atoms with Crippen LogP contribution in [0.25, 0.3) is 0 Å². The Morgan fingerprint density at radius 2 is 2.11 bits per heavy atom. The third-order valence-corrected chi connectivity index (χ3v) is 5.04. The van der Waals surface area contributed by atoms with Crippen LogP contribution >= 0.6 is 0 Å². The lowest BCUT2D eigenvalue weighted by atomic mass is 10.1. The summed E-state index contributed by atoms with van der Waals surface area (Å²) in [5, 5.41) is 12.0. The number of nitrogens with one attached hydrogen (secondary N) is 1. The SMILES string of the molecule is CN(C1CNC1)S(=O)(=O)Cc1ccccc1C#N. The van der Waals surface area contributed by atoms with Crippen molar-refractivity contribution in [2.24, 2.45) is 0 Å². The first kappa shape index (κ1) is 13.0. The predicted molar refractivity (Wildman–Crippen MR) is 68.2 cm³/mol. The van der Waals surface area contributed by atoms with Crippen LogP contribution in [-0.4, -0.2) is 38.9 Å². The molecule has 0 saturated carbocycles. The van der Waals surface area contributed by atoms with Crippen molar-refractivity contribution in [3.05, 3.63) is 35.4 Å². The van der Waals surface area contributed by atoms with Crippen molar-refractivity contribution in [3.8, 4) is 6.07 Å². The third kappa shape index (κ3) is 2.53. The van der Waals surface area contributed by atoms with Crippen LogP contribution in [0.5, 0.6) is 0 Å². The topological polar surface area (TPSA) is 73.2 Å². The number of nitriles is 1. The van der Waals surface area contributed by atoms with E-state index in [1.807, 2.05) is 6.07 Å². The smallest absolute Gasteiger partial charge is 0.218 e. The van der Waals surface area contributed by atoms with Crippen molar-refractivity contribution in [2.45, 2.75) is 11.8 Å². The summed E-state index contributed by atoms with van der Waals surface area (Å²) in [6.45, 7) is 1.38. The fourth-order valence-electron chi connectivity index (χ4n) is 1.81. The Labute approximate surface area is 107 Å². The molecule has 0 radical (unpaired) electrons. The van der Waals surface area contributed by atoms with Gasteiger partial charge >= 0.3 is 0 Å². The fraction of sp³-hybridized carbons (Fsp3) is 0.417. The highest BCUT2D eigenvalue weighted by molar-refractivity contribution is 7.88. The van der Waals surface area contributed by atoms with Crippen molar-refractivity contribution in [2.75, 3.05) is 20.1 Å². The van der Waals surface area contributed by atoms with Crippen LogP contribution in [0.1, 0.15) is 11.1 Å². The van der Waals surface area contributed by atoms with E-state index in [9.17, 15) is 8.42 Å². The average Bonchev–Trinajstić information content (AvgIpc) is 2.27. The van der Waals surface area contributed by atoms with Crippen molar-refractivity contribution in [1.29, 1.82) is 5.26 Å². The van der Waals surface area contributed by atoms with Crippen LogP contribution in [0.15, 0.2) is 24.3 Å². The van der Waals surface area contributed by atoms with Crippen LogP contribution in [0.2, 0.25) is 0 Å². The van der Waals surface area contributed by atoms with Gasteiger partial charge in [0.25, 0.3) is 0 Å². The third-order valence-electron chi connectivity index (χ3n) is 3.19. The number of rotatable bonds is 4. The fourth-order valence-corrected chi connectivity index (χ4v) is 3.26. The van der Waals surface area contributed by atoms with Crippen LogP contribution in [0.4, 0.5) is 0 Å². The van der Waals surface area contributed by atoms with E-state index in [-0.39, 0.29) is 11.8 Å². The van der Waals surface area contributed by atoms with Gasteiger partial charge in [-0.3, -0.25) is 0 Å². The molecule has 96 valence electrons. The van der Waals surface area contributed by atoms with E-state index in [0.29, 0.717) is 24.2 Å². The lowest BCUT2D eigenvalue weighted by Gasteiger charge is -2.34. The van der Waals surface area contributed by atoms with Gasteiger partial charge in [-0.05, 0) is 11.6 Å². The number of likely N-dealkylation sites (N-methyl/N-ethyl adjacent to an activating group) is 1. The van der Waals surface area contributed by atoms with Crippen LogP contribution in [-0.2, 0) is 15.8 Å². The van der Waals surface area contributed by atoms with Gasteiger partial charge in [-0.2, -0.15) is 9.57 Å². The molecule has 1 aliphatic rings. The molecule has 5 nitrogen and oxygen atoms in total. The summed E-state index contributed by atoms with van der Waals surface area (Å²) in [6.07, 6.45) is 0. The Hall–Kier alpha value is -1.42. The molecule has 1 aromatic carbocycles. The highest BCUT2D eigenvalue weighted by Gasteiger charge is 2.30. The normalized spacial score (nSPS) is 16.3. The molecule has 1 heterocycles. The first-order valence-corrected chi connectivity index (χ1v) is 7.30. The molecule has 1 aromatic rings. The van der Waals surface area contributed by atoms with Crippen molar-refractivity contribution < 1.29 is 8.42 Å². The molecular formula is C12H15N3O2S. The highest BCUT2D eigenvalue weighted by atomic mass is 32.2. The van der Waals surface area contributed by atoms with E-state index in [0.717, 1.165) is 0 Å². The zero-order valence-electron chi connectivity index (χ0n) is 10.1. The number of sulfonamides is 1. The second-order valence-corrected chi connectivity index (χ2v) is 6.38. The lowest BCUT2D eigenvalue weighted by Crippen LogP contribution is -2.57. The van der Waals surface area contributed by atoms with E-state index in [1.54, 1.807) is 31.3 Å². The molecule has 2 rings (SSSR count). The molecule has 1 N–H and O–H groups in total. The zero-order chi connectivity index (χ0) is 13.2. The Bertz CT molecular complexity index is 573. The van der Waals surface area contributed by atoms with E-state index in [2.05, 4.69) is 5.32 Å². The first-order valence-electron chi connectivity index (χ1n) is 5.69. The summed E-state index contributed by atoms with van der Waals surface area (Å²) in [4.78, 5) is 0. The van der Waals surface area contributed by atoms with E-state index >= 15 is 0 Å². The maximum atomic E-state index is 12.2. The second-order valence-electron chi connectivity index (χ2n) is 4.35. The maximum Gasteiger partial charge on any atom is 0.218 e. The van der Waals surface area contributed by atoms with Crippen LogP contribution in [0, 0.1) is 11.3 Å². The van der Waals surface area contributed by atoms with E-state index in [1.165, 1.54) is 4.31 Å². The van der Waals surface area contributed by atoms with Crippen LogP contribution < -0.4 is 5.32 Å². The lowest BCUT2D eigenvalue weighted by molar-refractivity contribution is 0.274. The molecule has 0 atom stereocenters. The number of hydrogen-bond acceptors (Lipinski definition) is 4. The Balaban J connectivity index is 2.19. The molecular weight excluding hydrogens is 250 g/mol. The van der Waals surface area contributed by atoms with Crippen molar-refractivity contribution in [3.63, 3.8) is 0 Å². The number of hydrogen-bond donors (Lipinski definition) is 1. The summed E-state index contributed by atoms with van der Waals surface area (Å²) in [6, 6.07) is 8.85. The minimum absolute atomic E-state index is 0.0317. The van der Waals surface area contributed by atoms with Gasteiger partial charge in [0, 0.05) is 26.2 Å². The van der Waals surface area contributed by atoms with Crippen molar-refractivity contribution >= 4 is 10.0 Å². The molecule has 1 fully saturated rings. The first-order chi connectivity index (χ1) is 8.54. The van der Waals surface area contributed by atoms with Gasteiger partial charge < -0.3 is 5.32 Å². The Morgan fingerprint density at radius 3 is 2.67 bits per heavy atom. The molecule has 0 spiro atoms. The maximum absolute atomic E-state index is 12.2. The molecule has 0 aliphatic carbocycles. The second kappa shape index (κ2) is 5.06. The largest absolute Gasteiger partial charge is 0.313 e. The number of nitrogens with zero attached hydrogens (tertiary/aromatic N) is 2. The Kier molecular flexibility index (Phi) is 3.66. The monoisotopic (exact) mass is 265 g/mol. The van der Waals surface area contributed by atoms with Gasteiger partial charge in [0.2, 0.25) is 10.0 Å². The average molecular weight is 265 g/mol. The Morgan fingerprint density at radius 1 is 1.44 bits per heavy atom. The summed E-state index contributed by atoms with van der Waals surface area (Å²) < 4.78 is 25.8. The van der Waals surface area contributed by atoms with Crippen molar-refractivity contribution in [1.82, 2.24) is 9.62 Å². The molecule has 0 aromatic heterocycles. The molecule has 1 saturated heterocycles.